The molecule has 3 N–H and O–H groups in total. The van der Waals surface area contributed by atoms with Gasteiger partial charge in [-0.1, -0.05) is 18.2 Å². The average Bonchev–Trinajstić information content (AvgIpc) is 3.06. The SMILES string of the molecule is NC(=O)CONC(=O)Cc1cn(-c2ccccc2)nc1-c1ccc(F)cc1. The lowest BCUT2D eigenvalue weighted by Crippen LogP contribution is -2.30. The van der Waals surface area contributed by atoms with Crippen LogP contribution in [-0.2, 0) is 20.8 Å². The largest absolute Gasteiger partial charge is 0.368 e. The number of nitrogens with zero attached hydrogens (tertiary/aromatic N) is 2. The van der Waals surface area contributed by atoms with Crippen LogP contribution in [0.25, 0.3) is 16.9 Å². The highest BCUT2D eigenvalue weighted by molar-refractivity contribution is 5.81. The van der Waals surface area contributed by atoms with Crippen molar-refractivity contribution in [3.8, 4) is 16.9 Å². The first kappa shape index (κ1) is 18.3. The number of primary amides is 1. The molecule has 27 heavy (non-hydrogen) atoms. The fourth-order valence-electron chi connectivity index (χ4n) is 2.50. The maximum Gasteiger partial charge on any atom is 0.248 e. The molecule has 0 bridgehead atoms. The van der Waals surface area contributed by atoms with E-state index in [1.165, 1.54) is 12.1 Å². The van der Waals surface area contributed by atoms with E-state index in [-0.39, 0.29) is 12.2 Å². The Morgan fingerprint density at radius 2 is 1.81 bits per heavy atom. The molecule has 3 aromatic rings. The first-order valence-electron chi connectivity index (χ1n) is 8.12. The fraction of sp³-hybridized carbons (Fsp3) is 0.105. The smallest absolute Gasteiger partial charge is 0.248 e. The molecule has 0 spiro atoms. The third kappa shape index (κ3) is 4.77. The summed E-state index contributed by atoms with van der Waals surface area (Å²) >= 11 is 0. The lowest BCUT2D eigenvalue weighted by atomic mass is 10.1. The van der Waals surface area contributed by atoms with Crippen LogP contribution in [0, 0.1) is 5.82 Å². The summed E-state index contributed by atoms with van der Waals surface area (Å²) < 4.78 is 14.9. The lowest BCUT2D eigenvalue weighted by molar-refractivity contribution is -0.137. The minimum absolute atomic E-state index is 0.0433. The maximum absolute atomic E-state index is 13.2. The number of rotatable bonds is 7. The molecule has 0 unspecified atom stereocenters. The Balaban J connectivity index is 1.88. The molecule has 1 aromatic heterocycles. The van der Waals surface area contributed by atoms with Gasteiger partial charge in [0, 0.05) is 17.3 Å². The van der Waals surface area contributed by atoms with Crippen LogP contribution in [0.3, 0.4) is 0 Å². The highest BCUT2D eigenvalue weighted by atomic mass is 19.1. The van der Waals surface area contributed by atoms with Gasteiger partial charge in [0.25, 0.3) is 0 Å². The second-order valence-electron chi connectivity index (χ2n) is 5.75. The summed E-state index contributed by atoms with van der Waals surface area (Å²) in [6.45, 7) is -0.417. The van der Waals surface area contributed by atoms with E-state index in [1.807, 2.05) is 30.3 Å². The predicted octanol–water partition coefficient (Wildman–Crippen LogP) is 1.75. The van der Waals surface area contributed by atoms with E-state index in [0.29, 0.717) is 16.8 Å². The molecule has 7 nitrogen and oxygen atoms in total. The van der Waals surface area contributed by atoms with E-state index >= 15 is 0 Å². The van der Waals surface area contributed by atoms with Crippen molar-refractivity contribution in [1.82, 2.24) is 15.3 Å². The normalized spacial score (nSPS) is 10.6. The minimum atomic E-state index is -0.695. The maximum atomic E-state index is 13.2. The summed E-state index contributed by atoms with van der Waals surface area (Å²) in [6.07, 6.45) is 1.68. The molecule has 2 aromatic carbocycles. The number of benzene rings is 2. The van der Waals surface area contributed by atoms with Gasteiger partial charge in [0.1, 0.15) is 5.82 Å². The van der Waals surface area contributed by atoms with E-state index in [1.54, 1.807) is 23.0 Å². The van der Waals surface area contributed by atoms with Crippen molar-refractivity contribution in [2.24, 2.45) is 5.73 Å². The quantitative estimate of drug-likeness (QED) is 0.621. The second-order valence-corrected chi connectivity index (χ2v) is 5.75. The van der Waals surface area contributed by atoms with Crippen LogP contribution in [0.1, 0.15) is 5.56 Å². The van der Waals surface area contributed by atoms with Crippen LogP contribution in [0.2, 0.25) is 0 Å². The molecule has 0 atom stereocenters. The standard InChI is InChI=1S/C19H17FN4O3/c20-15-8-6-13(7-9-15)19-14(10-18(26)23-27-12-17(21)25)11-24(22-19)16-4-2-1-3-5-16/h1-9,11H,10,12H2,(H2,21,25)(H,23,26). The third-order valence-electron chi connectivity index (χ3n) is 3.68. The predicted molar refractivity (Wildman–Crippen MR) is 96.0 cm³/mol. The van der Waals surface area contributed by atoms with Crippen LogP contribution in [0.4, 0.5) is 4.39 Å². The summed E-state index contributed by atoms with van der Waals surface area (Å²) in [5, 5.41) is 4.54. The van der Waals surface area contributed by atoms with E-state index in [0.717, 1.165) is 5.69 Å². The molecule has 1 heterocycles. The van der Waals surface area contributed by atoms with Crippen LogP contribution < -0.4 is 11.2 Å². The van der Waals surface area contributed by atoms with E-state index in [4.69, 9.17) is 10.6 Å². The number of carbonyl (C=O) groups is 2. The first-order valence-corrected chi connectivity index (χ1v) is 8.12. The van der Waals surface area contributed by atoms with Gasteiger partial charge in [-0.25, -0.2) is 14.6 Å². The van der Waals surface area contributed by atoms with Crippen molar-refractivity contribution in [3.05, 3.63) is 72.2 Å². The molecule has 8 heteroatoms. The summed E-state index contributed by atoms with van der Waals surface area (Å²) in [5.41, 5.74) is 9.77. The van der Waals surface area contributed by atoms with Gasteiger partial charge in [0.05, 0.1) is 17.8 Å². The molecule has 138 valence electrons. The Morgan fingerprint density at radius 1 is 1.11 bits per heavy atom. The number of amides is 2. The fourth-order valence-corrected chi connectivity index (χ4v) is 2.50. The molecule has 0 aliphatic heterocycles. The average molecular weight is 368 g/mol. The van der Waals surface area contributed by atoms with Crippen LogP contribution in [0.15, 0.2) is 60.8 Å². The number of para-hydroxylation sites is 1. The highest BCUT2D eigenvalue weighted by Crippen LogP contribution is 2.24. The highest BCUT2D eigenvalue weighted by Gasteiger charge is 2.16. The van der Waals surface area contributed by atoms with Crippen molar-refractivity contribution in [3.63, 3.8) is 0 Å². The van der Waals surface area contributed by atoms with Crippen LogP contribution in [-0.4, -0.2) is 28.2 Å². The molecule has 3 rings (SSSR count). The Bertz CT molecular complexity index is 939. The van der Waals surface area contributed by atoms with Crippen LogP contribution >= 0.6 is 0 Å². The molecule has 0 aliphatic carbocycles. The zero-order valence-electron chi connectivity index (χ0n) is 14.3. The minimum Gasteiger partial charge on any atom is -0.368 e. The zero-order chi connectivity index (χ0) is 19.2. The Hall–Kier alpha value is -3.52. The van der Waals surface area contributed by atoms with Crippen LogP contribution in [0.5, 0.6) is 0 Å². The Labute approximate surface area is 154 Å². The summed E-state index contributed by atoms with van der Waals surface area (Å²) in [4.78, 5) is 27.5. The second kappa shape index (κ2) is 8.24. The number of hydrogen-bond acceptors (Lipinski definition) is 4. The van der Waals surface area contributed by atoms with Crippen molar-refractivity contribution < 1.29 is 18.8 Å². The van der Waals surface area contributed by atoms with Gasteiger partial charge in [0.2, 0.25) is 11.8 Å². The topological polar surface area (TPSA) is 99.2 Å². The number of nitrogens with two attached hydrogens (primary N) is 1. The number of nitrogens with one attached hydrogen (secondary N) is 1. The molecular weight excluding hydrogens is 351 g/mol. The number of hydrogen-bond donors (Lipinski definition) is 2. The number of hydroxylamine groups is 1. The molecule has 2 amide bonds. The van der Waals surface area contributed by atoms with Crippen molar-refractivity contribution in [2.45, 2.75) is 6.42 Å². The molecule has 0 fully saturated rings. The summed E-state index contributed by atoms with van der Waals surface area (Å²) in [6, 6.07) is 15.2. The number of aromatic nitrogens is 2. The molecule has 0 radical (unpaired) electrons. The number of halogens is 1. The summed E-state index contributed by atoms with van der Waals surface area (Å²) in [5.74, 6) is -1.52. The van der Waals surface area contributed by atoms with Gasteiger partial charge in [-0.15, -0.1) is 0 Å². The lowest BCUT2D eigenvalue weighted by Gasteiger charge is -2.04. The molecular formula is C19H17FN4O3. The first-order chi connectivity index (χ1) is 13.0. The molecule has 0 saturated heterocycles. The monoisotopic (exact) mass is 368 g/mol. The van der Waals surface area contributed by atoms with Gasteiger partial charge in [-0.2, -0.15) is 5.10 Å². The van der Waals surface area contributed by atoms with Crippen molar-refractivity contribution in [2.75, 3.05) is 6.61 Å². The van der Waals surface area contributed by atoms with Gasteiger partial charge in [-0.05, 0) is 36.4 Å². The summed E-state index contributed by atoms with van der Waals surface area (Å²) in [7, 11) is 0. The van der Waals surface area contributed by atoms with E-state index < -0.39 is 18.4 Å². The molecule has 0 aliphatic rings. The van der Waals surface area contributed by atoms with E-state index in [2.05, 4.69) is 10.6 Å². The third-order valence-corrected chi connectivity index (χ3v) is 3.68. The molecule has 0 saturated carbocycles. The van der Waals surface area contributed by atoms with Gasteiger partial charge in [-0.3, -0.25) is 14.4 Å². The zero-order valence-corrected chi connectivity index (χ0v) is 14.3. The van der Waals surface area contributed by atoms with E-state index in [9.17, 15) is 14.0 Å². The van der Waals surface area contributed by atoms with Gasteiger partial charge in [0.15, 0.2) is 6.61 Å². The van der Waals surface area contributed by atoms with Crippen molar-refractivity contribution >= 4 is 11.8 Å². The van der Waals surface area contributed by atoms with Gasteiger partial charge < -0.3 is 5.73 Å². The Kier molecular flexibility index (Phi) is 5.58. The van der Waals surface area contributed by atoms with Crippen molar-refractivity contribution in [1.29, 1.82) is 0 Å². The Morgan fingerprint density at radius 3 is 2.48 bits per heavy atom. The number of carbonyl (C=O) groups excluding carboxylic acids is 2. The van der Waals surface area contributed by atoms with Gasteiger partial charge >= 0.3 is 0 Å².